The first-order valence-electron chi connectivity index (χ1n) is 4.43. The van der Waals surface area contributed by atoms with Crippen molar-refractivity contribution in [1.82, 2.24) is 6.15 Å². The summed E-state index contributed by atoms with van der Waals surface area (Å²) >= 11 is 0. The minimum Gasteiger partial charge on any atom is -0.457 e. The number of aliphatic imine (C=N–C) groups is 1. The molecule has 0 aromatic carbocycles. The average Bonchev–Trinajstić information content (AvgIpc) is 2.03. The summed E-state index contributed by atoms with van der Waals surface area (Å²) in [5.74, 6) is -0.246. The molecule has 14 heavy (non-hydrogen) atoms. The van der Waals surface area contributed by atoms with Crippen LogP contribution in [-0.4, -0.2) is 17.8 Å². The molecule has 0 spiro atoms. The van der Waals surface area contributed by atoms with Crippen molar-refractivity contribution in [2.75, 3.05) is 0 Å². The number of hydrogen-bond donors (Lipinski definition) is 0. The predicted octanol–water partition coefficient (Wildman–Crippen LogP) is 1.60. The van der Waals surface area contributed by atoms with E-state index in [2.05, 4.69) is 4.99 Å². The minimum atomic E-state index is -0.418. The summed E-state index contributed by atoms with van der Waals surface area (Å²) in [6.45, 7) is 5.58. The van der Waals surface area contributed by atoms with E-state index in [0.29, 0.717) is 5.57 Å². The van der Waals surface area contributed by atoms with E-state index in [0.717, 1.165) is 12.8 Å². The minimum absolute atomic E-state index is 0. The number of esters is 1. The second kappa shape index (κ2) is 4.91. The van der Waals surface area contributed by atoms with Crippen LogP contribution < -0.4 is 6.15 Å². The molecule has 0 aromatic rings. The second-order valence-electron chi connectivity index (χ2n) is 4.03. The van der Waals surface area contributed by atoms with Gasteiger partial charge >= 0.3 is 5.97 Å². The lowest BCUT2D eigenvalue weighted by atomic mass is 10.1. The average molecular weight is 195 g/mol. The van der Waals surface area contributed by atoms with Crippen LogP contribution in [0.5, 0.6) is 0 Å². The summed E-state index contributed by atoms with van der Waals surface area (Å²) in [6, 6.07) is 0. The highest BCUT2D eigenvalue weighted by Crippen LogP contribution is 2.15. The zero-order valence-electron chi connectivity index (χ0n) is 8.78. The zero-order valence-corrected chi connectivity index (χ0v) is 8.78. The molecular formula is C10H15N2O2. The standard InChI is InChI=1S/C10H15NO2.N/c1-10(2,3)13-9(12)8-5-4-6-11-7-8;/h6-7H,4-5H2,1-3H3;. The van der Waals surface area contributed by atoms with Crippen LogP contribution in [-0.2, 0) is 9.53 Å². The molecule has 4 heteroatoms. The third-order valence-electron chi connectivity index (χ3n) is 1.54. The van der Waals surface area contributed by atoms with Gasteiger partial charge in [-0.15, -0.1) is 0 Å². The summed E-state index contributed by atoms with van der Waals surface area (Å²) in [5, 5.41) is 0. The van der Waals surface area contributed by atoms with E-state index in [1.165, 1.54) is 0 Å². The van der Waals surface area contributed by atoms with Gasteiger partial charge in [0, 0.05) is 18.6 Å². The Hall–Kier alpha value is -1.16. The van der Waals surface area contributed by atoms with Crippen molar-refractivity contribution in [3.63, 3.8) is 0 Å². The van der Waals surface area contributed by atoms with Crippen LogP contribution in [0.15, 0.2) is 16.8 Å². The van der Waals surface area contributed by atoms with E-state index < -0.39 is 5.60 Å². The molecule has 3 radical (unpaired) electrons. The van der Waals surface area contributed by atoms with Gasteiger partial charge in [-0.2, -0.15) is 0 Å². The Morgan fingerprint density at radius 2 is 2.14 bits per heavy atom. The molecule has 1 aliphatic rings. The summed E-state index contributed by atoms with van der Waals surface area (Å²) in [5.41, 5.74) is 0.247. The quantitative estimate of drug-likeness (QED) is 0.596. The van der Waals surface area contributed by atoms with Crippen molar-refractivity contribution in [2.45, 2.75) is 39.2 Å². The van der Waals surface area contributed by atoms with Crippen molar-refractivity contribution in [3.8, 4) is 0 Å². The Labute approximate surface area is 84.6 Å². The highest BCUT2D eigenvalue weighted by atomic mass is 16.6. The topological polar surface area (TPSA) is 69.2 Å². The number of ether oxygens (including phenoxy) is 1. The van der Waals surface area contributed by atoms with E-state index in [4.69, 9.17) is 4.74 Å². The predicted molar refractivity (Wildman–Crippen MR) is 53.8 cm³/mol. The first-order valence-corrected chi connectivity index (χ1v) is 4.43. The van der Waals surface area contributed by atoms with E-state index in [1.807, 2.05) is 20.8 Å². The zero-order chi connectivity index (χ0) is 9.90. The van der Waals surface area contributed by atoms with Gasteiger partial charge in [-0.25, -0.2) is 4.79 Å². The van der Waals surface area contributed by atoms with E-state index >= 15 is 0 Å². The number of nitrogens with zero attached hydrogens (tertiary/aromatic N) is 2. The molecule has 0 unspecified atom stereocenters. The summed E-state index contributed by atoms with van der Waals surface area (Å²) in [6.07, 6.45) is 4.94. The smallest absolute Gasteiger partial charge is 0.336 e. The van der Waals surface area contributed by atoms with E-state index in [1.54, 1.807) is 12.4 Å². The maximum atomic E-state index is 11.4. The van der Waals surface area contributed by atoms with E-state index in [-0.39, 0.29) is 12.1 Å². The fourth-order valence-electron chi connectivity index (χ4n) is 1.00. The van der Waals surface area contributed by atoms with Crippen molar-refractivity contribution in [3.05, 3.63) is 11.8 Å². The Morgan fingerprint density at radius 3 is 2.57 bits per heavy atom. The third-order valence-corrected chi connectivity index (χ3v) is 1.54. The Kier molecular flexibility index (Phi) is 4.50. The molecule has 1 rings (SSSR count). The first-order chi connectivity index (χ1) is 5.99. The highest BCUT2D eigenvalue weighted by Gasteiger charge is 2.19. The maximum Gasteiger partial charge on any atom is 0.336 e. The molecule has 4 nitrogen and oxygen atoms in total. The Bertz CT molecular complexity index is 262. The number of rotatable bonds is 1. The van der Waals surface area contributed by atoms with Gasteiger partial charge in [-0.3, -0.25) is 4.99 Å². The molecular weight excluding hydrogens is 180 g/mol. The molecule has 0 saturated carbocycles. The van der Waals surface area contributed by atoms with Gasteiger partial charge in [0.25, 0.3) is 0 Å². The van der Waals surface area contributed by atoms with Crippen LogP contribution in [0, 0.1) is 0 Å². The SMILES string of the molecule is CC(C)(C)OC(=O)C1=CN=CCC1.[N]. The van der Waals surface area contributed by atoms with Gasteiger partial charge in [-0.1, -0.05) is 0 Å². The van der Waals surface area contributed by atoms with Crippen LogP contribution in [0.1, 0.15) is 33.6 Å². The van der Waals surface area contributed by atoms with Crippen molar-refractivity contribution in [1.29, 1.82) is 0 Å². The van der Waals surface area contributed by atoms with Crippen molar-refractivity contribution >= 4 is 12.2 Å². The summed E-state index contributed by atoms with van der Waals surface area (Å²) in [7, 11) is 0. The monoisotopic (exact) mass is 195 g/mol. The molecule has 1 heterocycles. The summed E-state index contributed by atoms with van der Waals surface area (Å²) in [4.78, 5) is 15.4. The van der Waals surface area contributed by atoms with E-state index in [9.17, 15) is 4.79 Å². The van der Waals surface area contributed by atoms with Crippen LogP contribution in [0.3, 0.4) is 0 Å². The molecule has 0 bridgehead atoms. The molecule has 0 aromatic heterocycles. The normalized spacial score (nSPS) is 15.5. The molecule has 0 saturated heterocycles. The fourth-order valence-corrected chi connectivity index (χ4v) is 1.00. The Morgan fingerprint density at radius 1 is 1.50 bits per heavy atom. The van der Waals surface area contributed by atoms with Crippen LogP contribution >= 0.6 is 0 Å². The van der Waals surface area contributed by atoms with Crippen molar-refractivity contribution in [2.24, 2.45) is 4.99 Å². The van der Waals surface area contributed by atoms with Gasteiger partial charge < -0.3 is 4.74 Å². The maximum absolute atomic E-state index is 11.4. The molecule has 0 aliphatic carbocycles. The van der Waals surface area contributed by atoms with Crippen LogP contribution in [0.4, 0.5) is 0 Å². The first kappa shape index (κ1) is 12.8. The lowest BCUT2D eigenvalue weighted by Crippen LogP contribution is -2.25. The lowest BCUT2D eigenvalue weighted by Gasteiger charge is -2.20. The summed E-state index contributed by atoms with van der Waals surface area (Å²) < 4.78 is 5.20. The van der Waals surface area contributed by atoms with Gasteiger partial charge in [0.2, 0.25) is 0 Å². The lowest BCUT2D eigenvalue weighted by molar-refractivity contribution is -0.150. The van der Waals surface area contributed by atoms with Gasteiger partial charge in [-0.05, 0) is 33.6 Å². The van der Waals surface area contributed by atoms with Crippen LogP contribution in [0.2, 0.25) is 0 Å². The molecule has 0 atom stereocenters. The number of hydrogen-bond acceptors (Lipinski definition) is 3. The highest BCUT2D eigenvalue weighted by molar-refractivity contribution is 5.90. The largest absolute Gasteiger partial charge is 0.457 e. The van der Waals surface area contributed by atoms with Gasteiger partial charge in [0.15, 0.2) is 0 Å². The van der Waals surface area contributed by atoms with Crippen LogP contribution in [0.25, 0.3) is 0 Å². The molecule has 0 N–H and O–H groups in total. The molecule has 0 amide bonds. The molecule has 0 fully saturated rings. The van der Waals surface area contributed by atoms with Gasteiger partial charge in [0.1, 0.15) is 5.60 Å². The van der Waals surface area contributed by atoms with Crippen molar-refractivity contribution < 1.29 is 9.53 Å². The number of carbonyl (C=O) groups is 1. The molecule has 77 valence electrons. The Balaban J connectivity index is 0.00000169. The number of carbonyl (C=O) groups excluding carboxylic acids is 1. The van der Waals surface area contributed by atoms with Gasteiger partial charge in [0.05, 0.1) is 5.57 Å². The fraction of sp³-hybridized carbons (Fsp3) is 0.600. The third kappa shape index (κ3) is 4.18. The molecule has 1 aliphatic heterocycles. The second-order valence-corrected chi connectivity index (χ2v) is 4.03.